The van der Waals surface area contributed by atoms with Crippen LogP contribution in [0.5, 0.6) is 0 Å². The molecule has 1 N–H and O–H groups in total. The quantitative estimate of drug-likeness (QED) is 0.828. The first kappa shape index (κ1) is 15.6. The van der Waals surface area contributed by atoms with E-state index in [1.165, 1.54) is 18.4 Å². The third-order valence-electron chi connectivity index (χ3n) is 4.33. The van der Waals surface area contributed by atoms with Crippen LogP contribution >= 0.6 is 11.8 Å². The smallest absolute Gasteiger partial charge is 0.137 e. The number of nitrogens with zero attached hydrogens (tertiary/aromatic N) is 1. The molecule has 2 aromatic rings. The van der Waals surface area contributed by atoms with Crippen molar-refractivity contribution in [2.24, 2.45) is 0 Å². The van der Waals surface area contributed by atoms with Gasteiger partial charge in [-0.15, -0.1) is 11.8 Å². The molecule has 2 heterocycles. The number of hydrogen-bond donors (Lipinski definition) is 1. The Bertz CT molecular complexity index is 616. The molecule has 1 aromatic carbocycles. The fourth-order valence-corrected chi connectivity index (χ4v) is 4.76. The summed E-state index contributed by atoms with van der Waals surface area (Å²) in [7, 11) is 0. The van der Waals surface area contributed by atoms with Crippen molar-refractivity contribution in [3.8, 4) is 0 Å². The Morgan fingerprint density at radius 1 is 1.18 bits per heavy atom. The molecule has 0 aliphatic carbocycles. The molecule has 1 unspecified atom stereocenters. The summed E-state index contributed by atoms with van der Waals surface area (Å²) in [6.07, 6.45) is 6.89. The minimum atomic E-state index is -0.771. The van der Waals surface area contributed by atoms with Gasteiger partial charge in [0.1, 0.15) is 4.93 Å². The summed E-state index contributed by atoms with van der Waals surface area (Å²) >= 11 is 1.73. The highest BCUT2D eigenvalue weighted by Crippen LogP contribution is 2.56. The predicted octanol–water partition coefficient (Wildman–Crippen LogP) is 4.84. The van der Waals surface area contributed by atoms with Gasteiger partial charge in [0.2, 0.25) is 0 Å². The Morgan fingerprint density at radius 3 is 2.77 bits per heavy atom. The monoisotopic (exact) mass is 313 g/mol. The fraction of sp³-hybridized carbons (Fsp3) is 0.421. The lowest BCUT2D eigenvalue weighted by Gasteiger charge is -2.23. The third-order valence-corrected chi connectivity index (χ3v) is 5.92. The SMILES string of the molecule is CCCC[C@H]1SC(O)(CCc2ccccn2)c2ccccc21. The summed E-state index contributed by atoms with van der Waals surface area (Å²) < 4.78 is 0. The molecule has 1 aliphatic heterocycles. The van der Waals surface area contributed by atoms with Crippen molar-refractivity contribution in [2.75, 3.05) is 0 Å². The summed E-state index contributed by atoms with van der Waals surface area (Å²) in [5.74, 6) is 0. The molecule has 3 rings (SSSR count). The van der Waals surface area contributed by atoms with Gasteiger partial charge in [0.25, 0.3) is 0 Å². The normalized spacial score (nSPS) is 23.5. The number of fused-ring (bicyclic) bond motifs is 1. The summed E-state index contributed by atoms with van der Waals surface area (Å²) in [5.41, 5.74) is 3.48. The Kier molecular flexibility index (Phi) is 4.84. The van der Waals surface area contributed by atoms with Gasteiger partial charge in [0.15, 0.2) is 0 Å². The maximum absolute atomic E-state index is 11.2. The lowest BCUT2D eigenvalue weighted by Crippen LogP contribution is -2.19. The van der Waals surface area contributed by atoms with E-state index in [-0.39, 0.29) is 0 Å². The first-order valence-corrected chi connectivity index (χ1v) is 9.00. The third kappa shape index (κ3) is 3.21. The first-order chi connectivity index (χ1) is 10.7. The van der Waals surface area contributed by atoms with Crippen LogP contribution in [0.2, 0.25) is 0 Å². The van der Waals surface area contributed by atoms with Gasteiger partial charge in [0.05, 0.1) is 0 Å². The van der Waals surface area contributed by atoms with E-state index in [0.29, 0.717) is 11.7 Å². The van der Waals surface area contributed by atoms with Crippen molar-refractivity contribution in [1.29, 1.82) is 0 Å². The molecule has 2 atom stereocenters. The zero-order valence-corrected chi connectivity index (χ0v) is 13.9. The van der Waals surface area contributed by atoms with E-state index in [2.05, 4.69) is 30.1 Å². The van der Waals surface area contributed by atoms with Crippen molar-refractivity contribution < 1.29 is 5.11 Å². The van der Waals surface area contributed by atoms with E-state index in [9.17, 15) is 5.11 Å². The van der Waals surface area contributed by atoms with Crippen LogP contribution in [-0.2, 0) is 11.4 Å². The molecule has 22 heavy (non-hydrogen) atoms. The molecule has 0 saturated heterocycles. The number of unbranched alkanes of at least 4 members (excludes halogenated alkanes) is 1. The number of aryl methyl sites for hydroxylation is 1. The van der Waals surface area contributed by atoms with Gasteiger partial charge in [-0.3, -0.25) is 4.98 Å². The van der Waals surface area contributed by atoms with Gasteiger partial charge < -0.3 is 5.11 Å². The number of rotatable bonds is 6. The molecule has 3 heteroatoms. The lowest BCUT2D eigenvalue weighted by molar-refractivity contribution is 0.130. The molecule has 116 valence electrons. The van der Waals surface area contributed by atoms with E-state index in [0.717, 1.165) is 24.1 Å². The fourth-order valence-electron chi connectivity index (χ4n) is 3.14. The number of pyridine rings is 1. The molecule has 0 amide bonds. The Balaban J connectivity index is 1.78. The molecule has 0 radical (unpaired) electrons. The molecule has 0 spiro atoms. The van der Waals surface area contributed by atoms with Gasteiger partial charge in [-0.25, -0.2) is 0 Å². The van der Waals surface area contributed by atoms with Gasteiger partial charge in [-0.05, 0) is 42.5 Å². The highest BCUT2D eigenvalue weighted by Gasteiger charge is 2.42. The van der Waals surface area contributed by atoms with Crippen molar-refractivity contribution in [2.45, 2.75) is 49.2 Å². The summed E-state index contributed by atoms with van der Waals surface area (Å²) in [4.78, 5) is 3.60. The molecule has 1 aromatic heterocycles. The minimum Gasteiger partial charge on any atom is -0.375 e. The van der Waals surface area contributed by atoms with Crippen LogP contribution in [0.15, 0.2) is 48.7 Å². The number of aromatic nitrogens is 1. The Labute approximate surface area is 137 Å². The first-order valence-electron chi connectivity index (χ1n) is 8.12. The highest BCUT2D eigenvalue weighted by molar-refractivity contribution is 8.00. The zero-order chi connectivity index (χ0) is 15.4. The van der Waals surface area contributed by atoms with Crippen molar-refractivity contribution in [1.82, 2.24) is 4.98 Å². The maximum atomic E-state index is 11.2. The van der Waals surface area contributed by atoms with Crippen molar-refractivity contribution >= 4 is 11.8 Å². The van der Waals surface area contributed by atoms with Crippen molar-refractivity contribution in [3.05, 3.63) is 65.5 Å². The van der Waals surface area contributed by atoms with Crippen LogP contribution in [-0.4, -0.2) is 10.1 Å². The second-order valence-electron chi connectivity index (χ2n) is 5.94. The predicted molar refractivity (Wildman–Crippen MR) is 92.8 cm³/mol. The summed E-state index contributed by atoms with van der Waals surface area (Å²) in [6.45, 7) is 2.22. The molecule has 0 saturated carbocycles. The number of thioether (sulfide) groups is 1. The second kappa shape index (κ2) is 6.84. The molecule has 0 bridgehead atoms. The van der Waals surface area contributed by atoms with Crippen LogP contribution in [0.4, 0.5) is 0 Å². The van der Waals surface area contributed by atoms with Gasteiger partial charge >= 0.3 is 0 Å². The highest BCUT2D eigenvalue weighted by atomic mass is 32.2. The molecule has 1 aliphatic rings. The van der Waals surface area contributed by atoms with E-state index in [1.54, 1.807) is 11.8 Å². The van der Waals surface area contributed by atoms with Crippen LogP contribution < -0.4 is 0 Å². The molecule has 2 nitrogen and oxygen atoms in total. The summed E-state index contributed by atoms with van der Waals surface area (Å²) in [6, 6.07) is 14.4. The molecular formula is C19H23NOS. The van der Waals surface area contributed by atoms with Gasteiger partial charge in [0, 0.05) is 17.1 Å². The van der Waals surface area contributed by atoms with Gasteiger partial charge in [-0.2, -0.15) is 0 Å². The van der Waals surface area contributed by atoms with Crippen LogP contribution in [0.1, 0.15) is 54.7 Å². The second-order valence-corrected chi connectivity index (χ2v) is 7.42. The lowest BCUT2D eigenvalue weighted by atomic mass is 9.95. The van der Waals surface area contributed by atoms with Crippen LogP contribution in [0, 0.1) is 0 Å². The van der Waals surface area contributed by atoms with Crippen LogP contribution in [0.25, 0.3) is 0 Å². The van der Waals surface area contributed by atoms with Gasteiger partial charge in [-0.1, -0.05) is 50.1 Å². The van der Waals surface area contributed by atoms with E-state index < -0.39 is 4.93 Å². The summed E-state index contributed by atoms with van der Waals surface area (Å²) in [5, 5.41) is 11.6. The molecule has 0 fully saturated rings. The largest absolute Gasteiger partial charge is 0.375 e. The topological polar surface area (TPSA) is 33.1 Å². The number of aliphatic hydroxyl groups is 1. The zero-order valence-electron chi connectivity index (χ0n) is 13.0. The van der Waals surface area contributed by atoms with E-state index >= 15 is 0 Å². The number of hydrogen-bond acceptors (Lipinski definition) is 3. The number of benzene rings is 1. The Hall–Kier alpha value is -1.32. The standard InChI is InChI=1S/C19H23NOS/c1-2-3-11-18-16-9-4-5-10-17(16)19(21,22-18)13-12-15-8-6-7-14-20-15/h4-10,14,18,21H,2-3,11-13H2,1H3/t18-,19?/m1/s1. The average molecular weight is 313 g/mol. The van der Waals surface area contributed by atoms with E-state index in [1.807, 2.05) is 30.5 Å². The Morgan fingerprint density at radius 2 is 2.00 bits per heavy atom. The average Bonchev–Trinajstić information content (AvgIpc) is 2.86. The maximum Gasteiger partial charge on any atom is 0.137 e. The van der Waals surface area contributed by atoms with E-state index in [4.69, 9.17) is 0 Å². The van der Waals surface area contributed by atoms with Crippen LogP contribution in [0.3, 0.4) is 0 Å². The van der Waals surface area contributed by atoms with Crippen molar-refractivity contribution in [3.63, 3.8) is 0 Å². The molecular weight excluding hydrogens is 290 g/mol. The minimum absolute atomic E-state index is 0.421.